The molecule has 1 aliphatic rings. The maximum atomic E-state index is 11.8. The van der Waals surface area contributed by atoms with Crippen molar-refractivity contribution in [3.8, 4) is 6.07 Å². The number of nitriles is 1. The molecule has 1 fully saturated rings. The van der Waals surface area contributed by atoms with Gasteiger partial charge in [-0.25, -0.2) is 13.4 Å². The highest BCUT2D eigenvalue weighted by atomic mass is 32.2. The zero-order chi connectivity index (χ0) is 12.2. The third kappa shape index (κ3) is 3.42. The van der Waals surface area contributed by atoms with Crippen molar-refractivity contribution in [2.75, 3.05) is 33.2 Å². The number of hydrogen-bond donors (Lipinski definition) is 1. The lowest BCUT2D eigenvalue weighted by Crippen LogP contribution is -2.54. The molecule has 0 spiro atoms. The van der Waals surface area contributed by atoms with Crippen molar-refractivity contribution in [3.63, 3.8) is 0 Å². The van der Waals surface area contributed by atoms with E-state index in [1.807, 2.05) is 7.05 Å². The Hall–Kier alpha value is -0.680. The van der Waals surface area contributed by atoms with Crippen molar-refractivity contribution in [2.45, 2.75) is 18.6 Å². The third-order valence-corrected chi connectivity index (χ3v) is 4.35. The highest BCUT2D eigenvalue weighted by Gasteiger charge is 2.26. The monoisotopic (exact) mass is 246 g/mol. The third-order valence-electron chi connectivity index (χ3n) is 2.65. The van der Waals surface area contributed by atoms with Gasteiger partial charge in [-0.1, -0.05) is 6.92 Å². The van der Waals surface area contributed by atoms with Crippen molar-refractivity contribution in [1.29, 1.82) is 5.26 Å². The maximum Gasteiger partial charge on any atom is 0.240 e. The van der Waals surface area contributed by atoms with Crippen LogP contribution in [0.2, 0.25) is 0 Å². The average molecular weight is 246 g/mol. The van der Waals surface area contributed by atoms with Gasteiger partial charge in [0.15, 0.2) is 5.25 Å². The second kappa shape index (κ2) is 5.59. The Kier molecular flexibility index (Phi) is 4.68. The second-order valence-corrected chi connectivity index (χ2v) is 5.79. The number of hydrogen-bond acceptors (Lipinski definition) is 5. The molecule has 0 aromatic heterocycles. The molecule has 0 aliphatic carbocycles. The summed E-state index contributed by atoms with van der Waals surface area (Å²) in [5.74, 6) is 0. The molecule has 1 atom stereocenters. The zero-order valence-electron chi connectivity index (χ0n) is 9.68. The van der Waals surface area contributed by atoms with E-state index in [-0.39, 0.29) is 0 Å². The first-order chi connectivity index (χ1) is 7.49. The number of nitrogens with zero attached hydrogens (tertiary/aromatic N) is 3. The van der Waals surface area contributed by atoms with Crippen LogP contribution in [-0.2, 0) is 10.0 Å². The summed E-state index contributed by atoms with van der Waals surface area (Å²) in [7, 11) is -1.55. The number of sulfonamides is 1. The molecule has 0 saturated carbocycles. The minimum Gasteiger partial charge on any atom is -0.304 e. The first kappa shape index (κ1) is 13.4. The Morgan fingerprint density at radius 1 is 1.38 bits per heavy atom. The summed E-state index contributed by atoms with van der Waals surface area (Å²) in [4.78, 5) is 4.61. The molecule has 6 nitrogen and oxygen atoms in total. The molecular weight excluding hydrogens is 228 g/mol. The van der Waals surface area contributed by atoms with Crippen molar-refractivity contribution in [3.05, 3.63) is 0 Å². The van der Waals surface area contributed by atoms with Crippen LogP contribution >= 0.6 is 0 Å². The predicted octanol–water partition coefficient (Wildman–Crippen LogP) is -0.630. The van der Waals surface area contributed by atoms with Crippen molar-refractivity contribution in [2.24, 2.45) is 0 Å². The Balaban J connectivity index is 2.57. The SMILES string of the molecule is CCC(C#N)S(=O)(=O)NN1CCN(C)CC1. The molecule has 0 amide bonds. The Morgan fingerprint density at radius 3 is 2.38 bits per heavy atom. The largest absolute Gasteiger partial charge is 0.304 e. The predicted molar refractivity (Wildman–Crippen MR) is 60.8 cm³/mol. The van der Waals surface area contributed by atoms with Gasteiger partial charge in [0.05, 0.1) is 6.07 Å². The van der Waals surface area contributed by atoms with Gasteiger partial charge in [0.25, 0.3) is 0 Å². The van der Waals surface area contributed by atoms with E-state index in [0.717, 1.165) is 13.1 Å². The summed E-state index contributed by atoms with van der Waals surface area (Å²) in [5.41, 5.74) is 0. The molecule has 1 heterocycles. The van der Waals surface area contributed by atoms with Gasteiger partial charge in [-0.15, -0.1) is 4.83 Å². The Labute approximate surface area is 96.8 Å². The number of piperazine rings is 1. The number of likely N-dealkylation sites (N-methyl/N-ethyl adjacent to an activating group) is 1. The highest BCUT2D eigenvalue weighted by molar-refractivity contribution is 7.90. The summed E-state index contributed by atoms with van der Waals surface area (Å²) < 4.78 is 23.5. The topological polar surface area (TPSA) is 76.4 Å². The van der Waals surface area contributed by atoms with Crippen LogP contribution in [-0.4, -0.2) is 56.8 Å². The van der Waals surface area contributed by atoms with Gasteiger partial charge >= 0.3 is 0 Å². The highest BCUT2D eigenvalue weighted by Crippen LogP contribution is 2.05. The van der Waals surface area contributed by atoms with Crippen LogP contribution in [0, 0.1) is 11.3 Å². The summed E-state index contributed by atoms with van der Waals surface area (Å²) in [6, 6.07) is 1.80. The minimum absolute atomic E-state index is 0.305. The van der Waals surface area contributed by atoms with Gasteiger partial charge in [-0.05, 0) is 13.5 Å². The van der Waals surface area contributed by atoms with E-state index in [0.29, 0.717) is 19.5 Å². The molecule has 0 aromatic carbocycles. The fourth-order valence-corrected chi connectivity index (χ4v) is 2.77. The molecule has 7 heteroatoms. The Morgan fingerprint density at radius 2 is 1.94 bits per heavy atom. The van der Waals surface area contributed by atoms with Crippen LogP contribution in [0.25, 0.3) is 0 Å². The fraction of sp³-hybridized carbons (Fsp3) is 0.889. The maximum absolute atomic E-state index is 11.8. The molecule has 1 aliphatic heterocycles. The summed E-state index contributed by atoms with van der Waals surface area (Å²) in [6.45, 7) is 4.64. The van der Waals surface area contributed by atoms with Crippen molar-refractivity contribution >= 4 is 10.0 Å². The van der Waals surface area contributed by atoms with Crippen LogP contribution in [0.1, 0.15) is 13.3 Å². The standard InChI is InChI=1S/C9H18N4O2S/c1-3-9(8-10)16(14,15)11-13-6-4-12(2)5-7-13/h9,11H,3-7H2,1-2H3. The quantitative estimate of drug-likeness (QED) is 0.715. The summed E-state index contributed by atoms with van der Waals surface area (Å²) in [6.07, 6.45) is 0.305. The van der Waals surface area contributed by atoms with E-state index in [2.05, 4.69) is 9.73 Å². The van der Waals surface area contributed by atoms with Gasteiger partial charge < -0.3 is 4.90 Å². The van der Waals surface area contributed by atoms with Gasteiger partial charge in [-0.2, -0.15) is 5.26 Å². The zero-order valence-corrected chi connectivity index (χ0v) is 10.5. The van der Waals surface area contributed by atoms with E-state index >= 15 is 0 Å². The minimum atomic E-state index is -3.54. The first-order valence-electron chi connectivity index (χ1n) is 5.34. The Bertz CT molecular complexity index is 354. The van der Waals surface area contributed by atoms with Crippen LogP contribution in [0.4, 0.5) is 0 Å². The van der Waals surface area contributed by atoms with E-state index in [1.54, 1.807) is 18.0 Å². The smallest absolute Gasteiger partial charge is 0.240 e. The van der Waals surface area contributed by atoms with Crippen LogP contribution in [0.15, 0.2) is 0 Å². The molecule has 0 aromatic rings. The lowest BCUT2D eigenvalue weighted by atomic mass is 10.4. The van der Waals surface area contributed by atoms with Gasteiger partial charge in [0, 0.05) is 26.2 Å². The molecule has 1 N–H and O–H groups in total. The van der Waals surface area contributed by atoms with Gasteiger partial charge in [0.2, 0.25) is 10.0 Å². The molecule has 16 heavy (non-hydrogen) atoms. The van der Waals surface area contributed by atoms with Crippen molar-refractivity contribution in [1.82, 2.24) is 14.7 Å². The second-order valence-electron chi connectivity index (χ2n) is 3.95. The van der Waals surface area contributed by atoms with Crippen LogP contribution in [0.3, 0.4) is 0 Å². The fourth-order valence-electron chi connectivity index (χ4n) is 1.52. The van der Waals surface area contributed by atoms with Crippen LogP contribution in [0.5, 0.6) is 0 Å². The van der Waals surface area contributed by atoms with Gasteiger partial charge in [0.1, 0.15) is 0 Å². The van der Waals surface area contributed by atoms with E-state index < -0.39 is 15.3 Å². The number of nitrogens with one attached hydrogen (secondary N) is 1. The van der Waals surface area contributed by atoms with E-state index in [4.69, 9.17) is 5.26 Å². The average Bonchev–Trinajstić information content (AvgIpc) is 2.22. The van der Waals surface area contributed by atoms with Crippen LogP contribution < -0.4 is 4.83 Å². The lowest BCUT2D eigenvalue weighted by molar-refractivity contribution is 0.134. The molecule has 0 radical (unpaired) electrons. The molecular formula is C9H18N4O2S. The lowest BCUT2D eigenvalue weighted by Gasteiger charge is -2.32. The normalized spacial score (nSPS) is 21.6. The van der Waals surface area contributed by atoms with Crippen molar-refractivity contribution < 1.29 is 8.42 Å². The number of hydrazine groups is 1. The van der Waals surface area contributed by atoms with E-state index in [9.17, 15) is 8.42 Å². The molecule has 1 saturated heterocycles. The summed E-state index contributed by atoms with van der Waals surface area (Å²) >= 11 is 0. The number of rotatable bonds is 4. The molecule has 1 rings (SSSR count). The molecule has 1 unspecified atom stereocenters. The first-order valence-corrected chi connectivity index (χ1v) is 6.88. The van der Waals surface area contributed by atoms with Gasteiger partial charge in [-0.3, -0.25) is 0 Å². The molecule has 0 bridgehead atoms. The van der Waals surface area contributed by atoms with E-state index in [1.165, 1.54) is 0 Å². The summed E-state index contributed by atoms with van der Waals surface area (Å²) in [5, 5.41) is 9.43. The molecule has 92 valence electrons.